The molecule has 2 rings (SSSR count). The molecule has 3 atom stereocenters. The van der Waals surface area contributed by atoms with Gasteiger partial charge in [0.15, 0.2) is 6.10 Å². The average Bonchev–Trinajstić information content (AvgIpc) is 2.62. The zero-order valence-corrected chi connectivity index (χ0v) is 15.4. The smallest absolute Gasteiger partial charge is 0.335 e. The van der Waals surface area contributed by atoms with Crippen molar-refractivity contribution < 1.29 is 38.7 Å². The number of aliphatic hydroxyl groups excluding tert-OH is 1. The highest BCUT2D eigenvalue weighted by molar-refractivity contribution is 5.74. The van der Waals surface area contributed by atoms with Gasteiger partial charge in [-0.3, -0.25) is 4.79 Å². The fraction of sp³-hybridized carbons (Fsp3) is 0.556. The van der Waals surface area contributed by atoms with Crippen LogP contribution in [-0.4, -0.2) is 47.8 Å². The second-order valence-corrected chi connectivity index (χ2v) is 5.35. The van der Waals surface area contributed by atoms with Crippen LogP contribution in [0, 0.1) is 0 Å². The van der Waals surface area contributed by atoms with Gasteiger partial charge < -0.3 is 29.2 Å². The lowest BCUT2D eigenvalue weighted by Crippen LogP contribution is -2.44. The van der Waals surface area contributed by atoms with Crippen molar-refractivity contribution in [2.45, 2.75) is 58.7 Å². The molecule has 1 aromatic carbocycles. The number of benzene rings is 1. The van der Waals surface area contributed by atoms with Crippen molar-refractivity contribution in [2.24, 2.45) is 0 Å². The number of methoxy groups -OCH3 is 1. The molecular weight excluding hydrogens is 344 g/mol. The summed E-state index contributed by atoms with van der Waals surface area (Å²) in [7, 11) is 1.24. The van der Waals surface area contributed by atoms with E-state index in [1.807, 2.05) is 13.8 Å². The normalized spacial score (nSPS) is 21.8. The predicted molar refractivity (Wildman–Crippen MR) is 91.5 cm³/mol. The standard InChI is InChI=1S/C16H20O8.C2H6/c1-9(18)22-12-6-14(16(20)21-2)24-15(7-12)23-11-4-3-10(8-17)13(19)5-11;1-2/h3-5,12,14-15,17,19H,6-8H2,1-2H3;1-2H3. The molecule has 0 radical (unpaired) electrons. The maximum atomic E-state index is 11.7. The number of aliphatic hydroxyl groups is 1. The second-order valence-electron chi connectivity index (χ2n) is 5.35. The van der Waals surface area contributed by atoms with Crippen LogP contribution in [0.1, 0.15) is 39.2 Å². The molecule has 1 fully saturated rings. The Morgan fingerprint density at radius 3 is 2.50 bits per heavy atom. The van der Waals surface area contributed by atoms with Crippen molar-refractivity contribution in [3.8, 4) is 11.5 Å². The van der Waals surface area contributed by atoms with Gasteiger partial charge in [0, 0.05) is 31.4 Å². The van der Waals surface area contributed by atoms with Crippen molar-refractivity contribution in [3.63, 3.8) is 0 Å². The summed E-state index contributed by atoms with van der Waals surface area (Å²) in [6.45, 7) is 4.98. The minimum Gasteiger partial charge on any atom is -0.507 e. The van der Waals surface area contributed by atoms with E-state index in [4.69, 9.17) is 19.3 Å². The minimum absolute atomic E-state index is 0.119. The molecule has 0 aliphatic carbocycles. The Hall–Kier alpha value is -2.32. The Bertz CT molecular complexity index is 601. The molecule has 8 heteroatoms. The number of rotatable bonds is 5. The van der Waals surface area contributed by atoms with Crippen LogP contribution in [0.2, 0.25) is 0 Å². The molecule has 0 saturated carbocycles. The summed E-state index contributed by atoms with van der Waals surface area (Å²) in [5, 5.41) is 18.8. The van der Waals surface area contributed by atoms with Crippen molar-refractivity contribution in [3.05, 3.63) is 23.8 Å². The average molecular weight is 370 g/mol. The van der Waals surface area contributed by atoms with E-state index < -0.39 is 30.4 Å². The molecule has 1 aliphatic heterocycles. The van der Waals surface area contributed by atoms with Crippen LogP contribution >= 0.6 is 0 Å². The van der Waals surface area contributed by atoms with Crippen molar-refractivity contribution in [2.75, 3.05) is 7.11 Å². The second kappa shape index (κ2) is 10.6. The Morgan fingerprint density at radius 2 is 1.96 bits per heavy atom. The van der Waals surface area contributed by atoms with Crippen LogP contribution in [0.5, 0.6) is 11.5 Å². The zero-order chi connectivity index (χ0) is 19.7. The lowest BCUT2D eigenvalue weighted by atomic mass is 10.0. The molecule has 8 nitrogen and oxygen atoms in total. The number of hydrogen-bond acceptors (Lipinski definition) is 8. The van der Waals surface area contributed by atoms with Gasteiger partial charge in [-0.05, 0) is 12.1 Å². The number of hydrogen-bond donors (Lipinski definition) is 2. The third kappa shape index (κ3) is 6.20. The van der Waals surface area contributed by atoms with Crippen LogP contribution in [-0.2, 0) is 30.4 Å². The first-order valence-corrected chi connectivity index (χ1v) is 8.42. The molecular formula is C18H26O8. The van der Waals surface area contributed by atoms with Gasteiger partial charge in [0.25, 0.3) is 0 Å². The Kier molecular flexibility index (Phi) is 8.87. The van der Waals surface area contributed by atoms with E-state index in [0.29, 0.717) is 11.3 Å². The highest BCUT2D eigenvalue weighted by Crippen LogP contribution is 2.29. The molecule has 1 aromatic rings. The van der Waals surface area contributed by atoms with E-state index in [9.17, 15) is 14.7 Å². The van der Waals surface area contributed by atoms with Crippen LogP contribution in [0.15, 0.2) is 18.2 Å². The van der Waals surface area contributed by atoms with E-state index in [1.165, 1.54) is 26.2 Å². The Morgan fingerprint density at radius 1 is 1.27 bits per heavy atom. The topological polar surface area (TPSA) is 112 Å². The van der Waals surface area contributed by atoms with E-state index in [2.05, 4.69) is 4.74 Å². The summed E-state index contributed by atoms with van der Waals surface area (Å²) in [6, 6.07) is 4.39. The first-order valence-electron chi connectivity index (χ1n) is 8.42. The summed E-state index contributed by atoms with van der Waals surface area (Å²) >= 11 is 0. The first kappa shape index (κ1) is 21.7. The molecule has 1 aliphatic rings. The number of esters is 2. The maximum absolute atomic E-state index is 11.7. The lowest BCUT2D eigenvalue weighted by molar-refractivity contribution is -0.204. The zero-order valence-electron chi connectivity index (χ0n) is 15.4. The number of carbonyl (C=O) groups excluding carboxylic acids is 2. The van der Waals surface area contributed by atoms with Crippen LogP contribution in [0.3, 0.4) is 0 Å². The number of phenols is 1. The summed E-state index contributed by atoms with van der Waals surface area (Å²) in [4.78, 5) is 22.9. The third-order valence-electron chi connectivity index (χ3n) is 3.54. The molecule has 0 amide bonds. The number of ether oxygens (including phenoxy) is 4. The van der Waals surface area contributed by atoms with Gasteiger partial charge in [-0.25, -0.2) is 4.79 Å². The highest BCUT2D eigenvalue weighted by Gasteiger charge is 2.37. The lowest BCUT2D eigenvalue weighted by Gasteiger charge is -2.33. The predicted octanol–water partition coefficient (Wildman–Crippen LogP) is 1.90. The first-order chi connectivity index (χ1) is 12.4. The monoisotopic (exact) mass is 370 g/mol. The summed E-state index contributed by atoms with van der Waals surface area (Å²) in [5.41, 5.74) is 0.358. The quantitative estimate of drug-likeness (QED) is 0.756. The Balaban J connectivity index is 0.00000163. The number of carbonyl (C=O) groups is 2. The molecule has 0 spiro atoms. The molecule has 0 aromatic heterocycles. The largest absolute Gasteiger partial charge is 0.507 e. The van der Waals surface area contributed by atoms with Gasteiger partial charge in [0.2, 0.25) is 6.29 Å². The van der Waals surface area contributed by atoms with Crippen molar-refractivity contribution >= 4 is 11.9 Å². The molecule has 146 valence electrons. The molecule has 2 N–H and O–H groups in total. The number of aromatic hydroxyl groups is 1. The van der Waals surface area contributed by atoms with Gasteiger partial charge in [0.1, 0.15) is 17.6 Å². The van der Waals surface area contributed by atoms with Gasteiger partial charge in [-0.1, -0.05) is 13.8 Å². The molecule has 3 unspecified atom stereocenters. The fourth-order valence-corrected chi connectivity index (χ4v) is 2.44. The van der Waals surface area contributed by atoms with E-state index in [0.717, 1.165) is 0 Å². The van der Waals surface area contributed by atoms with Gasteiger partial charge in [-0.15, -0.1) is 0 Å². The summed E-state index contributed by atoms with van der Waals surface area (Å²) < 4.78 is 21.0. The van der Waals surface area contributed by atoms with Crippen LogP contribution < -0.4 is 4.74 Å². The summed E-state index contributed by atoms with van der Waals surface area (Å²) in [6.07, 6.45) is -1.90. The summed E-state index contributed by atoms with van der Waals surface area (Å²) in [5.74, 6) is -0.873. The molecule has 1 heterocycles. The fourth-order valence-electron chi connectivity index (χ4n) is 2.44. The maximum Gasteiger partial charge on any atom is 0.335 e. The third-order valence-corrected chi connectivity index (χ3v) is 3.54. The van der Waals surface area contributed by atoms with Crippen LogP contribution in [0.4, 0.5) is 0 Å². The van der Waals surface area contributed by atoms with E-state index in [1.54, 1.807) is 6.07 Å². The molecule has 1 saturated heterocycles. The Labute approximate surface area is 152 Å². The van der Waals surface area contributed by atoms with E-state index in [-0.39, 0.29) is 25.2 Å². The highest BCUT2D eigenvalue weighted by atomic mass is 16.7. The van der Waals surface area contributed by atoms with Crippen molar-refractivity contribution in [1.82, 2.24) is 0 Å². The molecule has 0 bridgehead atoms. The minimum atomic E-state index is -0.914. The van der Waals surface area contributed by atoms with Gasteiger partial charge >= 0.3 is 11.9 Å². The molecule has 26 heavy (non-hydrogen) atoms. The SMILES string of the molecule is CC.COC(=O)C1CC(OC(C)=O)CC(Oc2ccc(CO)c(O)c2)O1. The van der Waals surface area contributed by atoms with Crippen molar-refractivity contribution in [1.29, 1.82) is 0 Å². The van der Waals surface area contributed by atoms with Crippen LogP contribution in [0.25, 0.3) is 0 Å². The van der Waals surface area contributed by atoms with E-state index >= 15 is 0 Å². The van der Waals surface area contributed by atoms with Gasteiger partial charge in [0.05, 0.1) is 13.7 Å². The van der Waals surface area contributed by atoms with Gasteiger partial charge in [-0.2, -0.15) is 0 Å².